The van der Waals surface area contributed by atoms with Crippen LogP contribution in [0.15, 0.2) is 54.6 Å². The van der Waals surface area contributed by atoms with Gasteiger partial charge < -0.3 is 4.74 Å². The third-order valence-corrected chi connectivity index (χ3v) is 6.91. The molecular formula is C33H47NO4. The lowest BCUT2D eigenvalue weighted by Crippen LogP contribution is -1.99. The molecule has 0 aromatic heterocycles. The Balaban J connectivity index is 1.47. The van der Waals surface area contributed by atoms with Gasteiger partial charge in [0.05, 0.1) is 11.5 Å². The number of non-ortho nitro benzene ring substituents is 1. The second-order valence-electron chi connectivity index (χ2n) is 10.2. The molecule has 2 rings (SSSR count). The quantitative estimate of drug-likeness (QED) is 0.0508. The predicted molar refractivity (Wildman–Crippen MR) is 158 cm³/mol. The Bertz CT molecular complexity index is 952. The van der Waals surface area contributed by atoms with E-state index in [4.69, 9.17) is 4.74 Å². The summed E-state index contributed by atoms with van der Waals surface area (Å²) in [5.41, 5.74) is 1.18. The van der Waals surface area contributed by atoms with Crippen molar-refractivity contribution in [2.24, 2.45) is 0 Å². The van der Waals surface area contributed by atoms with Crippen LogP contribution in [0.4, 0.5) is 5.69 Å². The summed E-state index contributed by atoms with van der Waals surface area (Å²) in [6.07, 6.45) is 24.7. The van der Waals surface area contributed by atoms with Crippen molar-refractivity contribution in [3.8, 4) is 5.75 Å². The molecule has 0 aliphatic heterocycles. The SMILES string of the molecule is CCCCCCCCCCCCCCCCCCOc1ccc(C(=O)C=Cc2cccc([N+](=O)[O-])c2)cc1. The number of allylic oxidation sites excluding steroid dienone is 1. The van der Waals surface area contributed by atoms with Gasteiger partial charge in [0.25, 0.3) is 5.69 Å². The van der Waals surface area contributed by atoms with Gasteiger partial charge in [0.1, 0.15) is 5.75 Å². The Morgan fingerprint density at radius 2 is 1.29 bits per heavy atom. The van der Waals surface area contributed by atoms with Crippen LogP contribution in [-0.4, -0.2) is 17.3 Å². The van der Waals surface area contributed by atoms with Crippen molar-refractivity contribution in [2.45, 2.75) is 110 Å². The van der Waals surface area contributed by atoms with E-state index in [1.54, 1.807) is 30.3 Å². The molecule has 0 amide bonds. The molecule has 5 nitrogen and oxygen atoms in total. The average molecular weight is 522 g/mol. The molecule has 208 valence electrons. The predicted octanol–water partition coefficient (Wildman–Crippen LogP) is 10.1. The Morgan fingerprint density at radius 3 is 1.82 bits per heavy atom. The maximum atomic E-state index is 12.4. The zero-order chi connectivity index (χ0) is 27.3. The molecule has 0 atom stereocenters. The van der Waals surface area contributed by atoms with Crippen LogP contribution in [0, 0.1) is 10.1 Å². The molecule has 2 aromatic rings. The first kappa shape index (κ1) is 31.3. The van der Waals surface area contributed by atoms with Gasteiger partial charge in [-0.05, 0) is 42.3 Å². The zero-order valence-electron chi connectivity index (χ0n) is 23.4. The van der Waals surface area contributed by atoms with Gasteiger partial charge in [-0.15, -0.1) is 0 Å². The van der Waals surface area contributed by atoms with Gasteiger partial charge in [-0.1, -0.05) is 121 Å². The number of benzene rings is 2. The van der Waals surface area contributed by atoms with Crippen molar-refractivity contribution in [3.63, 3.8) is 0 Å². The number of carbonyl (C=O) groups is 1. The first-order chi connectivity index (χ1) is 18.6. The van der Waals surface area contributed by atoms with Crippen LogP contribution in [-0.2, 0) is 0 Å². The van der Waals surface area contributed by atoms with Crippen LogP contribution >= 0.6 is 0 Å². The molecule has 2 aromatic carbocycles. The van der Waals surface area contributed by atoms with Crippen LogP contribution in [0.2, 0.25) is 0 Å². The maximum Gasteiger partial charge on any atom is 0.270 e. The molecule has 0 fully saturated rings. The highest BCUT2D eigenvalue weighted by atomic mass is 16.6. The minimum atomic E-state index is -0.447. The van der Waals surface area contributed by atoms with Crippen molar-refractivity contribution >= 4 is 17.5 Å². The number of nitro benzene ring substituents is 1. The Hall–Kier alpha value is -2.95. The number of hydrogen-bond donors (Lipinski definition) is 0. The Labute approximate surface area is 229 Å². The van der Waals surface area contributed by atoms with E-state index in [1.807, 2.05) is 12.1 Å². The highest BCUT2D eigenvalue weighted by Gasteiger charge is 2.06. The molecule has 0 aliphatic carbocycles. The molecule has 0 spiro atoms. The molecular weight excluding hydrogens is 474 g/mol. The second-order valence-corrected chi connectivity index (χ2v) is 10.2. The fourth-order valence-corrected chi connectivity index (χ4v) is 4.57. The van der Waals surface area contributed by atoms with E-state index < -0.39 is 4.92 Å². The third kappa shape index (κ3) is 14.1. The fourth-order valence-electron chi connectivity index (χ4n) is 4.57. The van der Waals surface area contributed by atoms with Crippen LogP contribution in [0.25, 0.3) is 6.08 Å². The van der Waals surface area contributed by atoms with Crippen molar-refractivity contribution in [3.05, 3.63) is 75.8 Å². The molecule has 0 aliphatic rings. The standard InChI is InChI=1S/C33H47NO4/c1-2-3-4-5-6-7-8-9-10-11-12-13-14-15-16-17-27-38-32-24-22-30(23-25-32)33(35)26-21-29-19-18-20-31(28-29)34(36)37/h18-26,28H,2-17,27H2,1H3. The lowest BCUT2D eigenvalue weighted by atomic mass is 10.0. The smallest absolute Gasteiger partial charge is 0.270 e. The van der Waals surface area contributed by atoms with Gasteiger partial charge in [-0.3, -0.25) is 14.9 Å². The van der Waals surface area contributed by atoms with Crippen molar-refractivity contribution in [1.82, 2.24) is 0 Å². The lowest BCUT2D eigenvalue weighted by molar-refractivity contribution is -0.384. The van der Waals surface area contributed by atoms with Crippen molar-refractivity contribution in [1.29, 1.82) is 0 Å². The fraction of sp³-hybridized carbons (Fsp3) is 0.545. The first-order valence-electron chi connectivity index (χ1n) is 14.8. The summed E-state index contributed by atoms with van der Waals surface area (Å²) >= 11 is 0. The van der Waals surface area contributed by atoms with E-state index in [0.29, 0.717) is 17.7 Å². The van der Waals surface area contributed by atoms with Crippen LogP contribution in [0.5, 0.6) is 5.75 Å². The van der Waals surface area contributed by atoms with Gasteiger partial charge in [0, 0.05) is 17.7 Å². The molecule has 0 heterocycles. The molecule has 0 radical (unpaired) electrons. The first-order valence-corrected chi connectivity index (χ1v) is 14.8. The van der Waals surface area contributed by atoms with Crippen molar-refractivity contribution < 1.29 is 14.5 Å². The Morgan fingerprint density at radius 1 is 0.763 bits per heavy atom. The number of ketones is 1. The van der Waals surface area contributed by atoms with E-state index in [-0.39, 0.29) is 11.5 Å². The number of nitro groups is 1. The number of carbonyl (C=O) groups excluding carboxylic acids is 1. The number of rotatable bonds is 22. The highest BCUT2D eigenvalue weighted by molar-refractivity contribution is 6.06. The van der Waals surface area contributed by atoms with Gasteiger partial charge >= 0.3 is 0 Å². The molecule has 0 unspecified atom stereocenters. The second kappa shape index (κ2) is 20.1. The maximum absolute atomic E-state index is 12.4. The summed E-state index contributed by atoms with van der Waals surface area (Å²) in [5, 5.41) is 10.9. The number of unbranched alkanes of at least 4 members (excludes halogenated alkanes) is 15. The summed E-state index contributed by atoms with van der Waals surface area (Å²) in [6, 6.07) is 13.4. The summed E-state index contributed by atoms with van der Waals surface area (Å²) in [6.45, 7) is 2.97. The van der Waals surface area contributed by atoms with Gasteiger partial charge in [-0.2, -0.15) is 0 Å². The third-order valence-electron chi connectivity index (χ3n) is 6.91. The molecule has 0 N–H and O–H groups in total. The van der Waals surface area contributed by atoms with E-state index in [2.05, 4.69) is 6.92 Å². The Kier molecular flexibility index (Phi) is 16.5. The molecule has 0 saturated heterocycles. The van der Waals surface area contributed by atoms with Crippen molar-refractivity contribution in [2.75, 3.05) is 6.61 Å². The molecule has 5 heteroatoms. The van der Waals surface area contributed by atoms with Gasteiger partial charge in [0.15, 0.2) is 5.78 Å². The molecule has 38 heavy (non-hydrogen) atoms. The highest BCUT2D eigenvalue weighted by Crippen LogP contribution is 2.17. The van der Waals surface area contributed by atoms with Gasteiger partial charge in [0.2, 0.25) is 0 Å². The monoisotopic (exact) mass is 521 g/mol. The van der Waals surface area contributed by atoms with E-state index >= 15 is 0 Å². The minimum Gasteiger partial charge on any atom is -0.494 e. The number of ether oxygens (including phenoxy) is 1. The minimum absolute atomic E-state index is 0.00504. The summed E-state index contributed by atoms with van der Waals surface area (Å²) in [7, 11) is 0. The summed E-state index contributed by atoms with van der Waals surface area (Å²) in [5.74, 6) is 0.617. The topological polar surface area (TPSA) is 69.4 Å². The largest absolute Gasteiger partial charge is 0.494 e. The number of nitrogens with zero attached hydrogens (tertiary/aromatic N) is 1. The normalized spacial score (nSPS) is 11.2. The molecule has 0 saturated carbocycles. The summed E-state index contributed by atoms with van der Waals surface area (Å²) in [4.78, 5) is 22.8. The van der Waals surface area contributed by atoms with Crippen LogP contribution in [0.3, 0.4) is 0 Å². The molecule has 0 bridgehead atoms. The van der Waals surface area contributed by atoms with E-state index in [9.17, 15) is 14.9 Å². The summed E-state index contributed by atoms with van der Waals surface area (Å²) < 4.78 is 5.83. The average Bonchev–Trinajstić information content (AvgIpc) is 2.94. The van der Waals surface area contributed by atoms with E-state index in [1.165, 1.54) is 115 Å². The zero-order valence-corrected chi connectivity index (χ0v) is 23.4. The van der Waals surface area contributed by atoms with Crippen LogP contribution < -0.4 is 4.74 Å². The van der Waals surface area contributed by atoms with E-state index in [0.717, 1.165) is 12.2 Å². The number of hydrogen-bond acceptors (Lipinski definition) is 4. The van der Waals surface area contributed by atoms with Gasteiger partial charge in [-0.25, -0.2) is 0 Å². The van der Waals surface area contributed by atoms with Crippen LogP contribution in [0.1, 0.15) is 126 Å². The lowest BCUT2D eigenvalue weighted by Gasteiger charge is -2.07.